The van der Waals surface area contributed by atoms with Gasteiger partial charge in [0.2, 0.25) is 5.95 Å². The van der Waals surface area contributed by atoms with E-state index in [-0.39, 0.29) is 0 Å². The molecule has 0 aliphatic carbocycles. The summed E-state index contributed by atoms with van der Waals surface area (Å²) in [6.07, 6.45) is 23.4. The molecule has 0 saturated carbocycles. The molecule has 1 aromatic heterocycles. The highest BCUT2D eigenvalue weighted by Crippen LogP contribution is 2.13. The Bertz CT molecular complexity index is 473. The first-order valence-corrected chi connectivity index (χ1v) is 11.0. The zero-order valence-electron chi connectivity index (χ0n) is 17.0. The summed E-state index contributed by atoms with van der Waals surface area (Å²) in [5.41, 5.74) is 8.19. The van der Waals surface area contributed by atoms with Crippen molar-refractivity contribution in [2.75, 3.05) is 18.4 Å². The van der Waals surface area contributed by atoms with Crippen molar-refractivity contribution in [1.29, 1.82) is 0 Å². The molecule has 0 saturated heterocycles. The molecule has 0 unspecified atom stereocenters. The zero-order valence-corrected chi connectivity index (χ0v) is 17.0. The van der Waals surface area contributed by atoms with E-state index < -0.39 is 0 Å². The van der Waals surface area contributed by atoms with E-state index in [0.29, 0.717) is 6.54 Å². The van der Waals surface area contributed by atoms with E-state index in [1.807, 2.05) is 6.07 Å². The molecule has 0 atom stereocenters. The van der Waals surface area contributed by atoms with Crippen molar-refractivity contribution in [3.05, 3.63) is 28.9 Å². The molecule has 6 nitrogen and oxygen atoms in total. The highest BCUT2D eigenvalue weighted by atomic mass is 15.1. The Balaban J connectivity index is 1.69. The number of hydrogen-bond acceptors (Lipinski definition) is 4. The van der Waals surface area contributed by atoms with Crippen molar-refractivity contribution in [1.82, 2.24) is 9.97 Å². The fourth-order valence-electron chi connectivity index (χ4n) is 3.24. The smallest absolute Gasteiger partial charge is 0.222 e. The van der Waals surface area contributed by atoms with Crippen LogP contribution in [0.1, 0.15) is 96.3 Å². The van der Waals surface area contributed by atoms with E-state index in [1.165, 1.54) is 89.9 Å². The number of hydrogen-bond donors (Lipinski definition) is 1. The molecule has 152 valence electrons. The highest BCUT2D eigenvalue weighted by molar-refractivity contribution is 5.21. The Labute approximate surface area is 165 Å². The predicted molar refractivity (Wildman–Crippen MR) is 114 cm³/mol. The molecule has 0 aromatic carbocycles. The Kier molecular flexibility index (Phi) is 16.3. The fourth-order valence-corrected chi connectivity index (χ4v) is 3.24. The summed E-state index contributed by atoms with van der Waals surface area (Å²) in [6.45, 7) is 1.63. The average molecular weight is 375 g/mol. The Morgan fingerprint density at radius 2 is 1.15 bits per heavy atom. The molecule has 0 radical (unpaired) electrons. The summed E-state index contributed by atoms with van der Waals surface area (Å²) in [4.78, 5) is 11.1. The van der Waals surface area contributed by atoms with Crippen molar-refractivity contribution >= 4 is 5.95 Å². The van der Waals surface area contributed by atoms with Crippen molar-refractivity contribution in [3.63, 3.8) is 0 Å². The van der Waals surface area contributed by atoms with Crippen molar-refractivity contribution in [3.8, 4) is 0 Å². The summed E-state index contributed by atoms with van der Waals surface area (Å²) in [7, 11) is 0. The monoisotopic (exact) mass is 374 g/mol. The molecule has 0 amide bonds. The fraction of sp³-hybridized carbons (Fsp3) is 0.810. The van der Waals surface area contributed by atoms with E-state index >= 15 is 0 Å². The van der Waals surface area contributed by atoms with Crippen LogP contribution in [0.5, 0.6) is 0 Å². The lowest BCUT2D eigenvalue weighted by Crippen LogP contribution is -2.04. The minimum Gasteiger partial charge on any atom is -0.354 e. The van der Waals surface area contributed by atoms with Crippen LogP contribution in [-0.4, -0.2) is 23.1 Å². The number of aromatic nitrogens is 2. The molecule has 1 heterocycles. The van der Waals surface area contributed by atoms with Crippen molar-refractivity contribution < 1.29 is 0 Å². The number of unbranched alkanes of at least 4 members (excludes halogenated alkanes) is 14. The predicted octanol–water partition coefficient (Wildman–Crippen LogP) is 7.05. The third-order valence-electron chi connectivity index (χ3n) is 4.85. The molecule has 1 aromatic rings. The van der Waals surface area contributed by atoms with Crippen LogP contribution in [0.15, 0.2) is 23.6 Å². The lowest BCUT2D eigenvalue weighted by molar-refractivity contribution is 0.532. The van der Waals surface area contributed by atoms with Gasteiger partial charge in [-0.05, 0) is 24.4 Å². The quantitative estimate of drug-likeness (QED) is 0.122. The maximum Gasteiger partial charge on any atom is 0.222 e. The molecule has 0 fully saturated rings. The molecular formula is C21H38N6. The molecule has 1 rings (SSSR count). The van der Waals surface area contributed by atoms with Gasteiger partial charge < -0.3 is 5.32 Å². The van der Waals surface area contributed by atoms with E-state index in [9.17, 15) is 0 Å². The largest absolute Gasteiger partial charge is 0.354 e. The van der Waals surface area contributed by atoms with E-state index in [1.54, 1.807) is 12.4 Å². The van der Waals surface area contributed by atoms with E-state index in [4.69, 9.17) is 5.53 Å². The van der Waals surface area contributed by atoms with Crippen molar-refractivity contribution in [2.24, 2.45) is 5.11 Å². The lowest BCUT2D eigenvalue weighted by atomic mass is 10.0. The van der Waals surface area contributed by atoms with Crippen LogP contribution in [0.3, 0.4) is 0 Å². The van der Waals surface area contributed by atoms with Gasteiger partial charge in [0.15, 0.2) is 0 Å². The maximum atomic E-state index is 8.19. The normalized spacial score (nSPS) is 10.5. The zero-order chi connectivity index (χ0) is 19.3. The van der Waals surface area contributed by atoms with Crippen LogP contribution in [-0.2, 0) is 0 Å². The second kappa shape index (κ2) is 19.0. The van der Waals surface area contributed by atoms with Gasteiger partial charge in [-0.2, -0.15) is 0 Å². The first kappa shape index (κ1) is 23.2. The third-order valence-corrected chi connectivity index (χ3v) is 4.85. The van der Waals surface area contributed by atoms with Gasteiger partial charge in [-0.15, -0.1) is 0 Å². The first-order chi connectivity index (χ1) is 13.4. The van der Waals surface area contributed by atoms with Crippen LogP contribution in [0, 0.1) is 0 Å². The van der Waals surface area contributed by atoms with Crippen LogP contribution < -0.4 is 5.32 Å². The van der Waals surface area contributed by atoms with Gasteiger partial charge in [0.05, 0.1) is 0 Å². The Morgan fingerprint density at radius 3 is 1.63 bits per heavy atom. The van der Waals surface area contributed by atoms with Gasteiger partial charge in [-0.3, -0.25) is 0 Å². The molecule has 0 bridgehead atoms. The van der Waals surface area contributed by atoms with E-state index in [2.05, 4.69) is 25.3 Å². The molecule has 27 heavy (non-hydrogen) atoms. The molecule has 1 N–H and O–H groups in total. The van der Waals surface area contributed by atoms with Crippen molar-refractivity contribution in [2.45, 2.75) is 96.3 Å². The third kappa shape index (κ3) is 16.1. The standard InChI is InChI=1S/C21H38N6/c22-27-26-20-15-13-11-9-7-5-3-1-2-4-6-8-10-12-14-17-23-21-24-18-16-19-25-21/h16,18-19H,1-15,17,20H2,(H,23,24,25). The lowest BCUT2D eigenvalue weighted by Gasteiger charge is -2.05. The number of nitrogens with zero attached hydrogens (tertiary/aromatic N) is 5. The maximum absolute atomic E-state index is 8.19. The second-order valence-electron chi connectivity index (χ2n) is 7.26. The Hall–Kier alpha value is -1.81. The van der Waals surface area contributed by atoms with Crippen LogP contribution in [0.25, 0.3) is 10.4 Å². The number of anilines is 1. The topological polar surface area (TPSA) is 86.6 Å². The molecule has 0 aliphatic rings. The van der Waals surface area contributed by atoms with Gasteiger partial charge in [0.1, 0.15) is 0 Å². The summed E-state index contributed by atoms with van der Waals surface area (Å²) in [6, 6.07) is 1.84. The summed E-state index contributed by atoms with van der Waals surface area (Å²) in [5, 5.41) is 6.82. The van der Waals surface area contributed by atoms with Crippen LogP contribution in [0.2, 0.25) is 0 Å². The van der Waals surface area contributed by atoms with Gasteiger partial charge in [0.25, 0.3) is 0 Å². The summed E-state index contributed by atoms with van der Waals surface area (Å²) >= 11 is 0. The second-order valence-corrected chi connectivity index (χ2v) is 7.26. The molecule has 0 aliphatic heterocycles. The first-order valence-electron chi connectivity index (χ1n) is 11.0. The minimum atomic E-state index is 0.663. The van der Waals surface area contributed by atoms with Crippen LogP contribution >= 0.6 is 0 Å². The number of azide groups is 1. The minimum absolute atomic E-state index is 0.663. The molecule has 0 spiro atoms. The van der Waals surface area contributed by atoms with Gasteiger partial charge >= 0.3 is 0 Å². The SMILES string of the molecule is [N-]=[N+]=NCCCCCCCCCCCCCCCCCNc1ncccn1. The molecule has 6 heteroatoms. The number of rotatable bonds is 19. The number of nitrogens with one attached hydrogen (secondary N) is 1. The Morgan fingerprint density at radius 1 is 0.704 bits per heavy atom. The van der Waals surface area contributed by atoms with Gasteiger partial charge in [-0.25, -0.2) is 9.97 Å². The van der Waals surface area contributed by atoms with E-state index in [0.717, 1.165) is 18.9 Å². The summed E-state index contributed by atoms with van der Waals surface area (Å²) in [5.74, 6) is 0.739. The summed E-state index contributed by atoms with van der Waals surface area (Å²) < 4.78 is 0. The van der Waals surface area contributed by atoms with Gasteiger partial charge in [0, 0.05) is 30.4 Å². The highest BCUT2D eigenvalue weighted by Gasteiger charge is 1.96. The van der Waals surface area contributed by atoms with Crippen LogP contribution in [0.4, 0.5) is 5.95 Å². The van der Waals surface area contributed by atoms with Gasteiger partial charge in [-0.1, -0.05) is 88.6 Å². The average Bonchev–Trinajstić information content (AvgIpc) is 2.70. The molecular weight excluding hydrogens is 336 g/mol.